The average molecular weight is 323 g/mol. The van der Waals surface area contributed by atoms with E-state index in [-0.39, 0.29) is 30.6 Å². The van der Waals surface area contributed by atoms with E-state index >= 15 is 0 Å². The number of nitrogens with one attached hydrogen (secondary N) is 1. The van der Waals surface area contributed by atoms with Gasteiger partial charge in [-0.05, 0) is 38.0 Å². The highest BCUT2D eigenvalue weighted by Gasteiger charge is 2.60. The summed E-state index contributed by atoms with van der Waals surface area (Å²) < 4.78 is 61.2. The number of rotatable bonds is 3. The molecule has 4 aliphatic rings. The van der Waals surface area contributed by atoms with Gasteiger partial charge in [0.1, 0.15) is 5.60 Å². The van der Waals surface area contributed by atoms with Crippen LogP contribution in [-0.2, 0) is 19.6 Å². The van der Waals surface area contributed by atoms with E-state index in [0.717, 1.165) is 12.8 Å². The maximum Gasteiger partial charge on any atom is 0.465 e. The third-order valence-electron chi connectivity index (χ3n) is 4.88. The highest BCUT2D eigenvalue weighted by atomic mass is 32.2. The zero-order valence-corrected chi connectivity index (χ0v) is 11.8. The molecule has 0 radical (unpaired) electrons. The van der Waals surface area contributed by atoms with Crippen LogP contribution in [0.5, 0.6) is 0 Å². The first-order valence-electron chi connectivity index (χ1n) is 6.71. The molecule has 118 valence electrons. The molecule has 2 N–H and O–H groups in total. The smallest absolute Gasteiger partial charge is 0.454 e. The molecule has 21 heavy (non-hydrogen) atoms. The molecule has 4 aliphatic carbocycles. The Hall–Kier alpha value is -1.09. The SMILES string of the molecule is N=C1C2CC3CC1CC(OC(=O)C(F)(F)S(=O)(=O)O)(C3)C2. The zero-order chi connectivity index (χ0) is 15.6. The zero-order valence-electron chi connectivity index (χ0n) is 11.0. The van der Waals surface area contributed by atoms with Gasteiger partial charge in [0.2, 0.25) is 0 Å². The minimum atomic E-state index is -5.85. The average Bonchev–Trinajstić information content (AvgIpc) is 2.32. The summed E-state index contributed by atoms with van der Waals surface area (Å²) in [6.45, 7) is 0. The number of halogens is 2. The van der Waals surface area contributed by atoms with Gasteiger partial charge >= 0.3 is 21.3 Å². The number of hydrogen-bond acceptors (Lipinski definition) is 5. The van der Waals surface area contributed by atoms with Crippen molar-refractivity contribution in [2.24, 2.45) is 17.8 Å². The summed E-state index contributed by atoms with van der Waals surface area (Å²) in [4.78, 5) is 11.5. The van der Waals surface area contributed by atoms with Gasteiger partial charge in [0.25, 0.3) is 0 Å². The lowest BCUT2D eigenvalue weighted by molar-refractivity contribution is -0.192. The van der Waals surface area contributed by atoms with Crippen molar-refractivity contribution in [3.63, 3.8) is 0 Å². The molecule has 0 aromatic carbocycles. The van der Waals surface area contributed by atoms with E-state index in [1.807, 2.05) is 0 Å². The van der Waals surface area contributed by atoms with Gasteiger partial charge in [-0.15, -0.1) is 0 Å². The molecular formula is C12H15F2NO5S. The summed E-state index contributed by atoms with van der Waals surface area (Å²) in [6, 6.07) is 0. The van der Waals surface area contributed by atoms with E-state index in [4.69, 9.17) is 14.7 Å². The van der Waals surface area contributed by atoms with Crippen molar-refractivity contribution in [1.82, 2.24) is 0 Å². The van der Waals surface area contributed by atoms with Crippen LogP contribution in [0.15, 0.2) is 0 Å². The van der Waals surface area contributed by atoms with E-state index in [9.17, 15) is 22.0 Å². The summed E-state index contributed by atoms with van der Waals surface area (Å²) in [5.74, 6) is -2.17. The van der Waals surface area contributed by atoms with Crippen LogP contribution in [0.3, 0.4) is 0 Å². The van der Waals surface area contributed by atoms with Gasteiger partial charge in [-0.2, -0.15) is 17.2 Å². The van der Waals surface area contributed by atoms with Gasteiger partial charge in [0.05, 0.1) is 0 Å². The molecule has 4 bridgehead atoms. The maximum atomic E-state index is 13.3. The van der Waals surface area contributed by atoms with Crippen molar-refractivity contribution >= 4 is 21.8 Å². The van der Waals surface area contributed by atoms with E-state index in [0.29, 0.717) is 12.1 Å². The Morgan fingerprint density at radius 3 is 2.29 bits per heavy atom. The third kappa shape index (κ3) is 2.17. The predicted molar refractivity (Wildman–Crippen MR) is 66.6 cm³/mol. The lowest BCUT2D eigenvalue weighted by Crippen LogP contribution is -2.58. The lowest BCUT2D eigenvalue weighted by Gasteiger charge is -2.55. The van der Waals surface area contributed by atoms with Crippen molar-refractivity contribution in [3.05, 3.63) is 0 Å². The van der Waals surface area contributed by atoms with Crippen LogP contribution in [0.2, 0.25) is 0 Å². The van der Waals surface area contributed by atoms with Crippen LogP contribution in [0, 0.1) is 23.2 Å². The summed E-state index contributed by atoms with van der Waals surface area (Å²) in [6.07, 6.45) is 2.57. The summed E-state index contributed by atoms with van der Waals surface area (Å²) in [5, 5.41) is 3.03. The monoisotopic (exact) mass is 323 g/mol. The van der Waals surface area contributed by atoms with Crippen molar-refractivity contribution in [2.75, 3.05) is 0 Å². The minimum absolute atomic E-state index is 0.0802. The highest BCUT2D eigenvalue weighted by molar-refractivity contribution is 7.87. The van der Waals surface area contributed by atoms with Gasteiger partial charge < -0.3 is 10.1 Å². The van der Waals surface area contributed by atoms with Crippen LogP contribution < -0.4 is 0 Å². The molecule has 2 atom stereocenters. The van der Waals surface area contributed by atoms with Crippen LogP contribution >= 0.6 is 0 Å². The molecule has 0 amide bonds. The second-order valence-corrected chi connectivity index (χ2v) is 7.83. The van der Waals surface area contributed by atoms with Crippen molar-refractivity contribution < 1.29 is 31.3 Å². The number of esters is 1. The van der Waals surface area contributed by atoms with Crippen molar-refractivity contribution in [1.29, 1.82) is 5.41 Å². The number of alkyl halides is 2. The van der Waals surface area contributed by atoms with E-state index in [1.54, 1.807) is 0 Å². The standard InChI is InChI=1S/C12H15F2NO5S/c13-12(14,21(17,18)19)10(16)20-11-3-6-1-7(4-11)9(15)8(2-6)5-11/h6-8,15H,1-5H2,(H,17,18,19). The number of ether oxygens (including phenoxy) is 1. The largest absolute Gasteiger partial charge is 0.465 e. The fourth-order valence-corrected chi connectivity index (χ4v) is 4.45. The number of hydrogen-bond donors (Lipinski definition) is 2. The van der Waals surface area contributed by atoms with Gasteiger partial charge in [-0.3, -0.25) is 4.55 Å². The van der Waals surface area contributed by atoms with E-state index in [2.05, 4.69) is 0 Å². The second kappa shape index (κ2) is 4.22. The summed E-state index contributed by atoms with van der Waals surface area (Å²) in [7, 11) is -5.85. The van der Waals surface area contributed by atoms with Crippen molar-refractivity contribution in [2.45, 2.75) is 43.0 Å². The summed E-state index contributed by atoms with van der Waals surface area (Å²) >= 11 is 0. The topological polar surface area (TPSA) is 105 Å². The molecule has 0 spiro atoms. The van der Waals surface area contributed by atoms with Crippen LogP contribution in [0.25, 0.3) is 0 Å². The first kappa shape index (κ1) is 14.8. The molecule has 4 fully saturated rings. The Morgan fingerprint density at radius 1 is 1.29 bits per heavy atom. The fraction of sp³-hybridized carbons (Fsp3) is 0.833. The van der Waals surface area contributed by atoms with Crippen molar-refractivity contribution in [3.8, 4) is 0 Å². The van der Waals surface area contributed by atoms with Gasteiger partial charge in [0, 0.05) is 17.5 Å². The fourth-order valence-electron chi connectivity index (χ4n) is 4.20. The highest BCUT2D eigenvalue weighted by Crippen LogP contribution is 2.56. The minimum Gasteiger partial charge on any atom is -0.454 e. The Balaban J connectivity index is 1.83. The predicted octanol–water partition coefficient (Wildman–Crippen LogP) is 1.61. The molecule has 0 aromatic heterocycles. The van der Waals surface area contributed by atoms with Crippen LogP contribution in [-0.4, -0.2) is 35.5 Å². The molecular weight excluding hydrogens is 308 g/mol. The first-order valence-corrected chi connectivity index (χ1v) is 8.15. The molecule has 4 rings (SSSR count). The number of carbonyl (C=O) groups is 1. The van der Waals surface area contributed by atoms with Gasteiger partial charge in [0.15, 0.2) is 0 Å². The number of carbonyl (C=O) groups excluding carboxylic acids is 1. The van der Waals surface area contributed by atoms with Gasteiger partial charge in [-0.25, -0.2) is 4.79 Å². The molecule has 6 nitrogen and oxygen atoms in total. The molecule has 9 heteroatoms. The summed E-state index contributed by atoms with van der Waals surface area (Å²) in [5.41, 5.74) is -0.536. The molecule has 2 unspecified atom stereocenters. The van der Waals surface area contributed by atoms with Crippen LogP contribution in [0.4, 0.5) is 8.78 Å². The Morgan fingerprint density at radius 2 is 1.81 bits per heavy atom. The van der Waals surface area contributed by atoms with E-state index in [1.165, 1.54) is 0 Å². The molecule has 0 heterocycles. The van der Waals surface area contributed by atoms with E-state index < -0.39 is 26.9 Å². The normalized spacial score (nSPS) is 38.6. The Kier molecular flexibility index (Phi) is 2.98. The third-order valence-corrected chi connectivity index (χ3v) is 5.70. The Bertz CT molecular complexity index is 599. The first-order chi connectivity index (χ1) is 9.54. The molecule has 0 aromatic rings. The molecule has 0 saturated heterocycles. The Labute approximate surface area is 120 Å². The molecule has 4 saturated carbocycles. The molecule has 0 aliphatic heterocycles. The van der Waals surface area contributed by atoms with Gasteiger partial charge in [-0.1, -0.05) is 0 Å². The quantitative estimate of drug-likeness (QED) is 0.606. The second-order valence-electron chi connectivity index (χ2n) is 6.36. The maximum absolute atomic E-state index is 13.3. The lowest BCUT2D eigenvalue weighted by atomic mass is 9.53. The van der Waals surface area contributed by atoms with Crippen LogP contribution in [0.1, 0.15) is 32.1 Å².